The molecule has 21 heavy (non-hydrogen) atoms. The summed E-state index contributed by atoms with van der Waals surface area (Å²) in [5.74, 6) is -0.768. The second-order valence-electron chi connectivity index (χ2n) is 4.76. The number of carbonyl (C=O) groups is 2. The Balaban J connectivity index is 2.39. The summed E-state index contributed by atoms with van der Waals surface area (Å²) in [4.78, 5) is 23.7. The maximum atomic E-state index is 11.7. The van der Waals surface area contributed by atoms with E-state index in [0.717, 1.165) is 4.90 Å². The first-order valence-electron chi connectivity index (χ1n) is 6.65. The fourth-order valence-corrected chi connectivity index (χ4v) is 2.62. The molecule has 0 spiro atoms. The molecule has 1 aromatic rings. The number of rotatable bonds is 8. The molecule has 2 N–H and O–H groups in total. The smallest absolute Gasteiger partial charge is 0.328 e. The molecule has 1 rings (SSSR count). The lowest BCUT2D eigenvalue weighted by atomic mass is 10.1. The van der Waals surface area contributed by atoms with Crippen LogP contribution in [0.15, 0.2) is 23.1 Å². The van der Waals surface area contributed by atoms with Crippen LogP contribution in [-0.4, -0.2) is 42.5 Å². The third-order valence-corrected chi connectivity index (χ3v) is 4.04. The Bertz CT molecular complexity index is 504. The molecule has 1 atom stereocenters. The molecule has 0 aromatic heterocycles. The van der Waals surface area contributed by atoms with E-state index in [-0.39, 0.29) is 18.9 Å². The lowest BCUT2D eigenvalue weighted by Crippen LogP contribution is -2.43. The van der Waals surface area contributed by atoms with Crippen LogP contribution < -0.4 is 5.32 Å². The van der Waals surface area contributed by atoms with Gasteiger partial charge in [0.15, 0.2) is 6.04 Å². The minimum Gasteiger partial charge on any atom is -0.480 e. The van der Waals surface area contributed by atoms with Crippen molar-refractivity contribution in [2.24, 2.45) is 0 Å². The van der Waals surface area contributed by atoms with Crippen molar-refractivity contribution in [2.75, 3.05) is 19.5 Å². The van der Waals surface area contributed by atoms with Crippen LogP contribution in [0.5, 0.6) is 0 Å². The fourth-order valence-electron chi connectivity index (χ4n) is 1.67. The summed E-state index contributed by atoms with van der Waals surface area (Å²) in [5.41, 5.74) is 2.46. The standard InChI is InChI=1S/C15H21NO4S/c1-10-4-5-12(8-11(10)2)21-7-6-14(17)16-13(9-20-3)15(18)19/h4-5,8,13H,6-7,9H2,1-3H3,(H,16,17)(H,18,19). The number of benzene rings is 1. The normalized spacial score (nSPS) is 12.0. The van der Waals surface area contributed by atoms with Gasteiger partial charge in [-0.2, -0.15) is 0 Å². The molecule has 0 aliphatic carbocycles. The molecule has 1 amide bonds. The molecule has 0 saturated carbocycles. The van der Waals surface area contributed by atoms with E-state index in [1.165, 1.54) is 18.2 Å². The number of hydrogen-bond acceptors (Lipinski definition) is 4. The molecule has 0 radical (unpaired) electrons. The van der Waals surface area contributed by atoms with Crippen LogP contribution in [0.1, 0.15) is 17.5 Å². The first-order valence-corrected chi connectivity index (χ1v) is 7.63. The van der Waals surface area contributed by atoms with Crippen molar-refractivity contribution in [3.63, 3.8) is 0 Å². The minimum atomic E-state index is -1.09. The highest BCUT2D eigenvalue weighted by Gasteiger charge is 2.19. The quantitative estimate of drug-likeness (QED) is 0.718. The topological polar surface area (TPSA) is 75.6 Å². The molecule has 1 unspecified atom stereocenters. The van der Waals surface area contributed by atoms with Crippen molar-refractivity contribution in [3.8, 4) is 0 Å². The van der Waals surface area contributed by atoms with Crippen molar-refractivity contribution in [1.82, 2.24) is 5.32 Å². The van der Waals surface area contributed by atoms with Gasteiger partial charge in [0.1, 0.15) is 0 Å². The summed E-state index contributed by atoms with van der Waals surface area (Å²) in [5, 5.41) is 11.4. The second-order valence-corrected chi connectivity index (χ2v) is 5.93. The zero-order valence-electron chi connectivity index (χ0n) is 12.5. The lowest BCUT2D eigenvalue weighted by Gasteiger charge is -2.13. The summed E-state index contributed by atoms with van der Waals surface area (Å²) < 4.78 is 4.76. The number of carboxylic acid groups (broad SMARTS) is 1. The largest absolute Gasteiger partial charge is 0.480 e. The number of nitrogens with one attached hydrogen (secondary N) is 1. The Hall–Kier alpha value is -1.53. The Morgan fingerprint density at radius 2 is 2.05 bits per heavy atom. The van der Waals surface area contributed by atoms with E-state index in [0.29, 0.717) is 5.75 Å². The summed E-state index contributed by atoms with van der Waals surface area (Å²) >= 11 is 1.58. The van der Waals surface area contributed by atoms with Gasteiger partial charge in [-0.25, -0.2) is 4.79 Å². The number of carboxylic acids is 1. The Labute approximate surface area is 129 Å². The van der Waals surface area contributed by atoms with Crippen molar-refractivity contribution >= 4 is 23.6 Å². The zero-order chi connectivity index (χ0) is 15.8. The first kappa shape index (κ1) is 17.5. The van der Waals surface area contributed by atoms with E-state index in [1.807, 2.05) is 13.0 Å². The highest BCUT2D eigenvalue weighted by atomic mass is 32.2. The minimum absolute atomic E-state index is 0.0363. The van der Waals surface area contributed by atoms with E-state index in [1.54, 1.807) is 11.8 Å². The maximum Gasteiger partial charge on any atom is 0.328 e. The molecule has 0 aliphatic heterocycles. The Kier molecular flexibility index (Phi) is 7.25. The molecule has 0 heterocycles. The fraction of sp³-hybridized carbons (Fsp3) is 0.467. The lowest BCUT2D eigenvalue weighted by molar-refractivity contribution is -0.143. The molecule has 5 nitrogen and oxygen atoms in total. The Morgan fingerprint density at radius 3 is 2.62 bits per heavy atom. The van der Waals surface area contributed by atoms with Gasteiger partial charge in [-0.1, -0.05) is 6.07 Å². The van der Waals surface area contributed by atoms with Gasteiger partial charge >= 0.3 is 5.97 Å². The van der Waals surface area contributed by atoms with Crippen LogP contribution in [0.4, 0.5) is 0 Å². The van der Waals surface area contributed by atoms with Gasteiger partial charge in [-0.15, -0.1) is 11.8 Å². The van der Waals surface area contributed by atoms with E-state index in [2.05, 4.69) is 24.4 Å². The monoisotopic (exact) mass is 311 g/mol. The number of aryl methyl sites for hydroxylation is 2. The third kappa shape index (κ3) is 6.18. The van der Waals surface area contributed by atoms with Crippen LogP contribution in [0, 0.1) is 13.8 Å². The van der Waals surface area contributed by atoms with Crippen molar-refractivity contribution < 1.29 is 19.4 Å². The summed E-state index contributed by atoms with van der Waals surface area (Å²) in [6, 6.07) is 5.17. The molecule has 1 aromatic carbocycles. The number of methoxy groups -OCH3 is 1. The van der Waals surface area contributed by atoms with Crippen LogP contribution in [0.3, 0.4) is 0 Å². The van der Waals surface area contributed by atoms with Gasteiger partial charge in [-0.05, 0) is 37.1 Å². The number of amides is 1. The Morgan fingerprint density at radius 1 is 1.33 bits per heavy atom. The highest BCUT2D eigenvalue weighted by Crippen LogP contribution is 2.21. The molecule has 0 aliphatic rings. The highest BCUT2D eigenvalue weighted by molar-refractivity contribution is 7.99. The predicted molar refractivity (Wildman–Crippen MR) is 82.7 cm³/mol. The average Bonchev–Trinajstić information content (AvgIpc) is 2.42. The molecule has 6 heteroatoms. The molecular weight excluding hydrogens is 290 g/mol. The van der Waals surface area contributed by atoms with Gasteiger partial charge in [0.05, 0.1) is 6.61 Å². The average molecular weight is 311 g/mol. The number of ether oxygens (including phenoxy) is 1. The third-order valence-electron chi connectivity index (χ3n) is 3.04. The van der Waals surface area contributed by atoms with Crippen LogP contribution in [0.25, 0.3) is 0 Å². The van der Waals surface area contributed by atoms with Gasteiger partial charge < -0.3 is 15.2 Å². The number of aliphatic carboxylic acids is 1. The molecule has 0 fully saturated rings. The summed E-state index contributed by atoms with van der Waals surface area (Å²) in [6.45, 7) is 4.07. The molecule has 116 valence electrons. The zero-order valence-corrected chi connectivity index (χ0v) is 13.3. The van der Waals surface area contributed by atoms with Crippen LogP contribution >= 0.6 is 11.8 Å². The summed E-state index contributed by atoms with van der Waals surface area (Å²) in [7, 11) is 1.40. The van der Waals surface area contributed by atoms with Crippen LogP contribution in [-0.2, 0) is 14.3 Å². The SMILES string of the molecule is COCC(NC(=O)CCSc1ccc(C)c(C)c1)C(=O)O. The van der Waals surface area contributed by atoms with Crippen molar-refractivity contribution in [3.05, 3.63) is 29.3 Å². The summed E-state index contributed by atoms with van der Waals surface area (Å²) in [6.07, 6.45) is 0.269. The second kappa shape index (κ2) is 8.69. The van der Waals surface area contributed by atoms with Gasteiger partial charge in [-0.3, -0.25) is 4.79 Å². The maximum absolute atomic E-state index is 11.7. The van der Waals surface area contributed by atoms with E-state index < -0.39 is 12.0 Å². The molecule has 0 bridgehead atoms. The van der Waals surface area contributed by atoms with E-state index >= 15 is 0 Å². The predicted octanol–water partition coefficient (Wildman–Crippen LogP) is 2.00. The number of thioether (sulfide) groups is 1. The molecule has 0 saturated heterocycles. The van der Waals surface area contributed by atoms with Crippen LogP contribution in [0.2, 0.25) is 0 Å². The van der Waals surface area contributed by atoms with Gasteiger partial charge in [0, 0.05) is 24.2 Å². The van der Waals surface area contributed by atoms with Gasteiger partial charge in [0.25, 0.3) is 0 Å². The first-order chi connectivity index (χ1) is 9.93. The van der Waals surface area contributed by atoms with Gasteiger partial charge in [0.2, 0.25) is 5.91 Å². The van der Waals surface area contributed by atoms with Crippen molar-refractivity contribution in [2.45, 2.75) is 31.2 Å². The number of hydrogen-bond donors (Lipinski definition) is 2. The van der Waals surface area contributed by atoms with Crippen molar-refractivity contribution in [1.29, 1.82) is 0 Å². The molecular formula is C15H21NO4S. The number of carbonyl (C=O) groups excluding carboxylic acids is 1. The van der Waals surface area contributed by atoms with E-state index in [9.17, 15) is 9.59 Å². The van der Waals surface area contributed by atoms with E-state index in [4.69, 9.17) is 9.84 Å².